The van der Waals surface area contributed by atoms with Crippen LogP contribution in [0.25, 0.3) is 0 Å². The lowest BCUT2D eigenvalue weighted by atomic mass is 9.96. The summed E-state index contributed by atoms with van der Waals surface area (Å²) in [7, 11) is 0. The zero-order chi connectivity index (χ0) is 15.6. The van der Waals surface area contributed by atoms with Crippen LogP contribution >= 0.6 is 0 Å². The molecule has 1 aromatic rings. The number of carbonyl (C=O) groups excluding carboxylic acids is 1. The highest BCUT2D eigenvalue weighted by Crippen LogP contribution is 2.38. The third-order valence-electron chi connectivity index (χ3n) is 3.59. The molecule has 0 spiro atoms. The minimum atomic E-state index is -4.49. The topological polar surface area (TPSA) is 46.5 Å². The van der Waals surface area contributed by atoms with Crippen molar-refractivity contribution in [2.24, 2.45) is 0 Å². The quantitative estimate of drug-likeness (QED) is 0.663. The molecule has 21 heavy (non-hydrogen) atoms. The summed E-state index contributed by atoms with van der Waals surface area (Å²) < 4.78 is 43.3. The second-order valence-corrected chi connectivity index (χ2v) is 5.19. The van der Waals surface area contributed by atoms with E-state index in [2.05, 4.69) is 0 Å². The van der Waals surface area contributed by atoms with Crippen LogP contribution in [0.4, 0.5) is 13.2 Å². The number of cyclic esters (lactones) is 1. The number of hydrogen-bond donors (Lipinski definition) is 1. The fourth-order valence-corrected chi connectivity index (χ4v) is 2.44. The molecule has 1 aromatic carbocycles. The maximum atomic E-state index is 12.7. The maximum Gasteiger partial charge on any atom is 0.416 e. The molecule has 6 heteroatoms. The van der Waals surface area contributed by atoms with Crippen molar-refractivity contribution in [3.63, 3.8) is 0 Å². The van der Waals surface area contributed by atoms with E-state index in [-0.39, 0.29) is 11.1 Å². The summed E-state index contributed by atoms with van der Waals surface area (Å²) in [6, 6.07) is 2.86. The standard InChI is InChI=1S/C15H17F3O3/c1-2-3-4-5-12(19)13-11-8-9(15(16,17)18)6-7-10(11)14(20)21-13/h6-8,12-13,19H,2-5H2,1H3/t12-,13-/m0/s1. The first-order valence-corrected chi connectivity index (χ1v) is 6.94. The highest BCUT2D eigenvalue weighted by Gasteiger charge is 2.39. The Labute approximate surface area is 120 Å². The Balaban J connectivity index is 2.24. The van der Waals surface area contributed by atoms with Crippen molar-refractivity contribution in [1.29, 1.82) is 0 Å². The number of hydrogen-bond acceptors (Lipinski definition) is 3. The van der Waals surface area contributed by atoms with Crippen LogP contribution in [-0.4, -0.2) is 17.2 Å². The molecule has 0 amide bonds. The average Bonchev–Trinajstić information content (AvgIpc) is 2.75. The highest BCUT2D eigenvalue weighted by molar-refractivity contribution is 5.94. The lowest BCUT2D eigenvalue weighted by molar-refractivity contribution is -0.137. The molecule has 2 atom stereocenters. The third kappa shape index (κ3) is 3.37. The molecule has 3 nitrogen and oxygen atoms in total. The van der Waals surface area contributed by atoms with E-state index in [1.54, 1.807) is 0 Å². The molecule has 1 heterocycles. The average molecular weight is 302 g/mol. The van der Waals surface area contributed by atoms with Gasteiger partial charge in [0.2, 0.25) is 0 Å². The van der Waals surface area contributed by atoms with E-state index in [1.807, 2.05) is 6.92 Å². The van der Waals surface area contributed by atoms with Gasteiger partial charge in [0.15, 0.2) is 6.10 Å². The van der Waals surface area contributed by atoms with Crippen molar-refractivity contribution < 1.29 is 27.8 Å². The first-order chi connectivity index (χ1) is 9.84. The fraction of sp³-hybridized carbons (Fsp3) is 0.533. The molecule has 1 aliphatic rings. The van der Waals surface area contributed by atoms with E-state index in [0.29, 0.717) is 6.42 Å². The van der Waals surface area contributed by atoms with Crippen LogP contribution in [0.2, 0.25) is 0 Å². The van der Waals surface area contributed by atoms with Crippen LogP contribution in [0.5, 0.6) is 0 Å². The molecule has 2 rings (SSSR count). The molecule has 1 aliphatic heterocycles. The molecule has 0 unspecified atom stereocenters. The van der Waals surface area contributed by atoms with Gasteiger partial charge >= 0.3 is 12.1 Å². The van der Waals surface area contributed by atoms with Gasteiger partial charge in [-0.25, -0.2) is 4.79 Å². The van der Waals surface area contributed by atoms with Crippen molar-refractivity contribution in [2.75, 3.05) is 0 Å². The number of rotatable bonds is 5. The molecular weight excluding hydrogens is 285 g/mol. The second kappa shape index (κ2) is 6.05. The van der Waals surface area contributed by atoms with E-state index < -0.39 is 29.9 Å². The van der Waals surface area contributed by atoms with Gasteiger partial charge < -0.3 is 9.84 Å². The van der Waals surface area contributed by atoms with Crippen LogP contribution in [0, 0.1) is 0 Å². The van der Waals surface area contributed by atoms with Crippen LogP contribution in [0.15, 0.2) is 18.2 Å². The summed E-state index contributed by atoms with van der Waals surface area (Å²) in [6.07, 6.45) is -3.48. The molecule has 1 N–H and O–H groups in total. The van der Waals surface area contributed by atoms with E-state index >= 15 is 0 Å². The predicted octanol–water partition coefficient (Wildman–Crippen LogP) is 3.86. The van der Waals surface area contributed by atoms with Gasteiger partial charge in [-0.3, -0.25) is 0 Å². The van der Waals surface area contributed by atoms with Crippen LogP contribution in [-0.2, 0) is 10.9 Å². The number of fused-ring (bicyclic) bond motifs is 1. The lowest BCUT2D eigenvalue weighted by Gasteiger charge is -2.18. The summed E-state index contributed by atoms with van der Waals surface area (Å²) in [5.41, 5.74) is -0.619. The molecule has 0 radical (unpaired) electrons. The number of ether oxygens (including phenoxy) is 1. The van der Waals surface area contributed by atoms with Gasteiger partial charge in [0, 0.05) is 5.56 Å². The molecular formula is C15H17F3O3. The van der Waals surface area contributed by atoms with Crippen molar-refractivity contribution in [2.45, 2.75) is 51.0 Å². The van der Waals surface area contributed by atoms with E-state index in [0.717, 1.165) is 37.5 Å². The summed E-state index contributed by atoms with van der Waals surface area (Å²) in [5.74, 6) is -0.682. The van der Waals surface area contributed by atoms with E-state index in [1.165, 1.54) is 0 Å². The number of esters is 1. The van der Waals surface area contributed by atoms with Gasteiger partial charge in [-0.1, -0.05) is 26.2 Å². The zero-order valence-corrected chi connectivity index (χ0v) is 11.6. The number of benzene rings is 1. The van der Waals surface area contributed by atoms with Crippen LogP contribution in [0.1, 0.15) is 60.2 Å². The number of alkyl halides is 3. The van der Waals surface area contributed by atoms with Crippen LogP contribution < -0.4 is 0 Å². The molecule has 0 saturated carbocycles. The van der Waals surface area contributed by atoms with E-state index in [4.69, 9.17) is 4.74 Å². The Morgan fingerprint density at radius 1 is 1.33 bits per heavy atom. The molecule has 0 bridgehead atoms. The van der Waals surface area contributed by atoms with Crippen molar-refractivity contribution >= 4 is 5.97 Å². The Kier molecular flexibility index (Phi) is 4.56. The Morgan fingerprint density at radius 2 is 2.05 bits per heavy atom. The van der Waals surface area contributed by atoms with E-state index in [9.17, 15) is 23.1 Å². The first kappa shape index (κ1) is 15.8. The molecule has 0 aromatic heterocycles. The van der Waals surface area contributed by atoms with Crippen molar-refractivity contribution in [3.8, 4) is 0 Å². The largest absolute Gasteiger partial charge is 0.451 e. The summed E-state index contributed by atoms with van der Waals surface area (Å²) in [5, 5.41) is 10.1. The smallest absolute Gasteiger partial charge is 0.416 e. The normalized spacial score (nSPS) is 19.3. The van der Waals surface area contributed by atoms with Gasteiger partial charge in [0.05, 0.1) is 17.2 Å². The lowest BCUT2D eigenvalue weighted by Crippen LogP contribution is -2.19. The minimum Gasteiger partial charge on any atom is -0.451 e. The van der Waals surface area contributed by atoms with Gasteiger partial charge in [-0.05, 0) is 24.6 Å². The van der Waals surface area contributed by atoms with Crippen molar-refractivity contribution in [3.05, 3.63) is 34.9 Å². The SMILES string of the molecule is CCCCC[C@H](O)[C@H]1OC(=O)c2ccc(C(F)(F)F)cc21. The van der Waals surface area contributed by atoms with Gasteiger partial charge in [0.25, 0.3) is 0 Å². The number of halogens is 3. The van der Waals surface area contributed by atoms with Gasteiger partial charge in [-0.2, -0.15) is 13.2 Å². The Bertz CT molecular complexity index is 525. The van der Waals surface area contributed by atoms with Gasteiger partial charge in [-0.15, -0.1) is 0 Å². The number of unbranched alkanes of at least 4 members (excludes halogenated alkanes) is 2. The number of carbonyl (C=O) groups is 1. The van der Waals surface area contributed by atoms with Crippen molar-refractivity contribution in [1.82, 2.24) is 0 Å². The summed E-state index contributed by atoms with van der Waals surface area (Å²) in [4.78, 5) is 11.7. The maximum absolute atomic E-state index is 12.7. The summed E-state index contributed by atoms with van der Waals surface area (Å²) >= 11 is 0. The van der Waals surface area contributed by atoms with Crippen LogP contribution in [0.3, 0.4) is 0 Å². The third-order valence-corrected chi connectivity index (χ3v) is 3.59. The molecule has 0 fully saturated rings. The van der Waals surface area contributed by atoms with Gasteiger partial charge in [0.1, 0.15) is 0 Å². The minimum absolute atomic E-state index is 0.0996. The zero-order valence-electron chi connectivity index (χ0n) is 11.6. The predicted molar refractivity (Wildman–Crippen MR) is 69.7 cm³/mol. The summed E-state index contributed by atoms with van der Waals surface area (Å²) in [6.45, 7) is 2.01. The Morgan fingerprint density at radius 3 is 2.67 bits per heavy atom. The fourth-order valence-electron chi connectivity index (χ4n) is 2.44. The second-order valence-electron chi connectivity index (χ2n) is 5.19. The molecule has 0 saturated heterocycles. The first-order valence-electron chi connectivity index (χ1n) is 6.94. The molecule has 0 aliphatic carbocycles. The molecule has 116 valence electrons. The number of aliphatic hydroxyl groups excluding tert-OH is 1. The monoisotopic (exact) mass is 302 g/mol. The highest BCUT2D eigenvalue weighted by atomic mass is 19.4. The number of aliphatic hydroxyl groups is 1. The Hall–Kier alpha value is -1.56.